The molecule has 1 fully saturated rings. The summed E-state index contributed by atoms with van der Waals surface area (Å²) < 4.78 is 5.64. The lowest BCUT2D eigenvalue weighted by molar-refractivity contribution is -0.135. The number of benzene rings is 3. The number of piperazine rings is 1. The zero-order valence-electron chi connectivity index (χ0n) is 17.7. The van der Waals surface area contributed by atoms with Crippen molar-refractivity contribution in [3.63, 3.8) is 0 Å². The SMILES string of the molecule is Cc1ccc([C@@H](c2ccccc2)N2CCN(C(=O)COc3ccc(Cl)cc3)CC2)cc1. The van der Waals surface area contributed by atoms with E-state index in [-0.39, 0.29) is 18.6 Å². The first-order valence-corrected chi connectivity index (χ1v) is 11.0. The van der Waals surface area contributed by atoms with E-state index in [0.717, 1.165) is 13.1 Å². The molecule has 0 unspecified atom stereocenters. The van der Waals surface area contributed by atoms with Gasteiger partial charge in [-0.15, -0.1) is 0 Å². The number of ether oxygens (including phenoxy) is 1. The maximum absolute atomic E-state index is 12.6. The highest BCUT2D eigenvalue weighted by molar-refractivity contribution is 6.30. The molecule has 0 radical (unpaired) electrons. The Morgan fingerprint density at radius 2 is 1.48 bits per heavy atom. The van der Waals surface area contributed by atoms with Crippen molar-refractivity contribution in [2.75, 3.05) is 32.8 Å². The summed E-state index contributed by atoms with van der Waals surface area (Å²) in [6.07, 6.45) is 0. The van der Waals surface area contributed by atoms with E-state index < -0.39 is 0 Å². The van der Waals surface area contributed by atoms with Gasteiger partial charge in [-0.1, -0.05) is 71.8 Å². The number of hydrogen-bond acceptors (Lipinski definition) is 3. The van der Waals surface area contributed by atoms with Crippen LogP contribution in [0.2, 0.25) is 5.02 Å². The lowest BCUT2D eigenvalue weighted by Crippen LogP contribution is -2.51. The fraction of sp³-hybridized carbons (Fsp3) is 0.269. The number of aryl methyl sites for hydroxylation is 1. The third-order valence-corrected chi connectivity index (χ3v) is 5.97. The van der Waals surface area contributed by atoms with Crippen LogP contribution in [0.1, 0.15) is 22.7 Å². The van der Waals surface area contributed by atoms with Crippen LogP contribution in [0.5, 0.6) is 5.75 Å². The summed E-state index contributed by atoms with van der Waals surface area (Å²) >= 11 is 5.90. The fourth-order valence-electron chi connectivity index (χ4n) is 3.99. The molecule has 5 heteroatoms. The van der Waals surface area contributed by atoms with Crippen molar-refractivity contribution in [1.29, 1.82) is 0 Å². The Hall–Kier alpha value is -2.82. The first-order chi connectivity index (χ1) is 15.1. The molecule has 4 nitrogen and oxygen atoms in total. The van der Waals surface area contributed by atoms with Gasteiger partial charge in [-0.2, -0.15) is 0 Å². The summed E-state index contributed by atoms with van der Waals surface area (Å²) in [7, 11) is 0. The van der Waals surface area contributed by atoms with Crippen molar-refractivity contribution in [2.24, 2.45) is 0 Å². The van der Waals surface area contributed by atoms with Gasteiger partial charge >= 0.3 is 0 Å². The molecular weight excluding hydrogens is 408 g/mol. The molecule has 0 bridgehead atoms. The number of carbonyl (C=O) groups is 1. The molecule has 1 atom stereocenters. The Labute approximate surface area is 189 Å². The van der Waals surface area contributed by atoms with Crippen LogP contribution in [0, 0.1) is 6.92 Å². The smallest absolute Gasteiger partial charge is 0.260 e. The minimum absolute atomic E-state index is 0.0150. The van der Waals surface area contributed by atoms with E-state index >= 15 is 0 Å². The number of halogens is 1. The minimum Gasteiger partial charge on any atom is -0.484 e. The number of nitrogens with zero attached hydrogens (tertiary/aromatic N) is 2. The van der Waals surface area contributed by atoms with Gasteiger partial charge in [0.05, 0.1) is 6.04 Å². The monoisotopic (exact) mass is 434 g/mol. The summed E-state index contributed by atoms with van der Waals surface area (Å²) in [5.41, 5.74) is 3.81. The summed E-state index contributed by atoms with van der Waals surface area (Å²) in [4.78, 5) is 17.0. The van der Waals surface area contributed by atoms with Gasteiger partial charge in [0.1, 0.15) is 5.75 Å². The van der Waals surface area contributed by atoms with Gasteiger partial charge < -0.3 is 9.64 Å². The van der Waals surface area contributed by atoms with E-state index in [0.29, 0.717) is 23.9 Å². The second-order valence-corrected chi connectivity index (χ2v) is 8.32. The Morgan fingerprint density at radius 3 is 2.13 bits per heavy atom. The third kappa shape index (κ3) is 5.46. The molecule has 3 aromatic carbocycles. The van der Waals surface area contributed by atoms with Crippen LogP contribution in [0.3, 0.4) is 0 Å². The van der Waals surface area contributed by atoms with Crippen LogP contribution in [0.4, 0.5) is 0 Å². The molecule has 0 aromatic heterocycles. The number of carbonyl (C=O) groups excluding carboxylic acids is 1. The highest BCUT2D eigenvalue weighted by Crippen LogP contribution is 2.29. The zero-order chi connectivity index (χ0) is 21.6. The summed E-state index contributed by atoms with van der Waals surface area (Å²) in [6, 6.07) is 26.6. The predicted molar refractivity (Wildman–Crippen MR) is 125 cm³/mol. The van der Waals surface area contributed by atoms with Crippen molar-refractivity contribution < 1.29 is 9.53 Å². The number of amides is 1. The molecule has 3 aromatic rings. The second-order valence-electron chi connectivity index (χ2n) is 7.88. The maximum atomic E-state index is 12.6. The fourth-order valence-corrected chi connectivity index (χ4v) is 4.12. The van der Waals surface area contributed by atoms with Crippen molar-refractivity contribution >= 4 is 17.5 Å². The van der Waals surface area contributed by atoms with Gasteiger partial charge in [-0.05, 0) is 42.3 Å². The third-order valence-electron chi connectivity index (χ3n) is 5.72. The van der Waals surface area contributed by atoms with Crippen LogP contribution in [0.25, 0.3) is 0 Å². The van der Waals surface area contributed by atoms with E-state index in [1.165, 1.54) is 16.7 Å². The topological polar surface area (TPSA) is 32.8 Å². The first kappa shape index (κ1) is 21.4. The van der Waals surface area contributed by atoms with E-state index in [2.05, 4.69) is 60.4 Å². The van der Waals surface area contributed by atoms with Crippen molar-refractivity contribution in [3.8, 4) is 5.75 Å². The molecule has 4 rings (SSSR count). The summed E-state index contributed by atoms with van der Waals surface area (Å²) in [5, 5.41) is 0.649. The Kier molecular flexibility index (Phi) is 6.90. The van der Waals surface area contributed by atoms with E-state index in [1.807, 2.05) is 11.0 Å². The minimum atomic E-state index is 0.0150. The van der Waals surface area contributed by atoms with E-state index in [4.69, 9.17) is 16.3 Å². The molecular formula is C26H27ClN2O2. The Balaban J connectivity index is 1.40. The molecule has 1 amide bonds. The first-order valence-electron chi connectivity index (χ1n) is 10.6. The molecule has 1 saturated heterocycles. The average molecular weight is 435 g/mol. The average Bonchev–Trinajstić information content (AvgIpc) is 2.81. The van der Waals surface area contributed by atoms with Crippen molar-refractivity contribution in [3.05, 3.63) is 101 Å². The number of hydrogen-bond donors (Lipinski definition) is 0. The van der Waals surface area contributed by atoms with Gasteiger partial charge in [0.25, 0.3) is 5.91 Å². The molecule has 1 heterocycles. The highest BCUT2D eigenvalue weighted by Gasteiger charge is 2.28. The molecule has 1 aliphatic rings. The molecule has 0 spiro atoms. The maximum Gasteiger partial charge on any atom is 0.260 e. The van der Waals surface area contributed by atoms with E-state index in [9.17, 15) is 4.79 Å². The van der Waals surface area contributed by atoms with Crippen LogP contribution in [0.15, 0.2) is 78.9 Å². The molecule has 0 saturated carbocycles. The largest absolute Gasteiger partial charge is 0.484 e. The summed E-state index contributed by atoms with van der Waals surface area (Å²) in [5.74, 6) is 0.668. The molecule has 160 valence electrons. The quantitative estimate of drug-likeness (QED) is 0.549. The lowest BCUT2D eigenvalue weighted by atomic mass is 9.95. The van der Waals surface area contributed by atoms with Crippen LogP contribution in [-0.4, -0.2) is 48.5 Å². The van der Waals surface area contributed by atoms with Gasteiger partial charge in [-0.3, -0.25) is 9.69 Å². The molecule has 31 heavy (non-hydrogen) atoms. The van der Waals surface area contributed by atoms with Gasteiger partial charge in [-0.25, -0.2) is 0 Å². The molecule has 0 aliphatic carbocycles. The van der Waals surface area contributed by atoms with Gasteiger partial charge in [0, 0.05) is 31.2 Å². The van der Waals surface area contributed by atoms with Crippen molar-refractivity contribution in [1.82, 2.24) is 9.80 Å². The summed E-state index contributed by atoms with van der Waals surface area (Å²) in [6.45, 7) is 5.18. The van der Waals surface area contributed by atoms with Crippen molar-refractivity contribution in [2.45, 2.75) is 13.0 Å². The highest BCUT2D eigenvalue weighted by atomic mass is 35.5. The van der Waals surface area contributed by atoms with E-state index in [1.54, 1.807) is 24.3 Å². The predicted octanol–water partition coefficient (Wildman–Crippen LogP) is 4.96. The van der Waals surface area contributed by atoms with Gasteiger partial charge in [0.15, 0.2) is 6.61 Å². The molecule has 0 N–H and O–H groups in total. The van der Waals surface area contributed by atoms with Crippen LogP contribution in [-0.2, 0) is 4.79 Å². The Morgan fingerprint density at radius 1 is 0.871 bits per heavy atom. The van der Waals surface area contributed by atoms with Crippen LogP contribution >= 0.6 is 11.6 Å². The lowest BCUT2D eigenvalue weighted by Gasteiger charge is -2.39. The normalized spacial score (nSPS) is 15.5. The van der Waals surface area contributed by atoms with Crippen LogP contribution < -0.4 is 4.74 Å². The number of rotatable bonds is 6. The molecule has 1 aliphatic heterocycles. The second kappa shape index (κ2) is 9.99. The standard InChI is InChI=1S/C26H27ClN2O2/c1-20-7-9-22(10-8-20)26(21-5-3-2-4-6-21)29-17-15-28(16-18-29)25(30)19-31-24-13-11-23(27)12-14-24/h2-14,26H,15-19H2,1H3/t26-/m1/s1. The Bertz CT molecular complexity index is 982. The van der Waals surface area contributed by atoms with Gasteiger partial charge in [0.2, 0.25) is 0 Å². The zero-order valence-corrected chi connectivity index (χ0v) is 18.5.